The van der Waals surface area contributed by atoms with Crippen molar-refractivity contribution >= 4 is 0 Å². The summed E-state index contributed by atoms with van der Waals surface area (Å²) in [6.07, 6.45) is 0. The molecule has 0 atom stereocenters. The normalized spacial score (nSPS) is 10.8. The van der Waals surface area contributed by atoms with E-state index in [1.807, 2.05) is 57.2 Å². The van der Waals surface area contributed by atoms with E-state index in [0.29, 0.717) is 0 Å². The van der Waals surface area contributed by atoms with Gasteiger partial charge in [0.15, 0.2) is 0 Å². The number of aryl methyl sites for hydroxylation is 4. The van der Waals surface area contributed by atoms with Crippen molar-refractivity contribution in [2.24, 2.45) is 0 Å². The van der Waals surface area contributed by atoms with Crippen molar-refractivity contribution in [2.75, 3.05) is 0 Å². The van der Waals surface area contributed by atoms with Crippen molar-refractivity contribution in [1.29, 1.82) is 0 Å². The molecule has 1 heterocycles. The molecule has 0 spiro atoms. The van der Waals surface area contributed by atoms with E-state index in [9.17, 15) is 5.11 Å². The van der Waals surface area contributed by atoms with Crippen LogP contribution in [0.1, 0.15) is 22.4 Å². The number of pyridine rings is 1. The Morgan fingerprint density at radius 1 is 0.783 bits per heavy atom. The highest BCUT2D eigenvalue weighted by molar-refractivity contribution is 5.81. The highest BCUT2D eigenvalue weighted by atomic mass is 16.3. The van der Waals surface area contributed by atoms with Gasteiger partial charge in [-0.15, -0.1) is 0 Å². The van der Waals surface area contributed by atoms with Crippen LogP contribution in [-0.2, 0) is 0 Å². The van der Waals surface area contributed by atoms with Crippen molar-refractivity contribution in [1.82, 2.24) is 4.98 Å². The van der Waals surface area contributed by atoms with Crippen molar-refractivity contribution in [3.63, 3.8) is 0 Å². The number of phenols is 1. The molecule has 0 aliphatic rings. The zero-order valence-corrected chi connectivity index (χ0v) is 14.0. The van der Waals surface area contributed by atoms with Gasteiger partial charge in [-0.1, -0.05) is 35.9 Å². The summed E-state index contributed by atoms with van der Waals surface area (Å²) in [5.41, 5.74) is 7.89. The van der Waals surface area contributed by atoms with Gasteiger partial charge in [-0.25, -0.2) is 0 Å². The van der Waals surface area contributed by atoms with E-state index in [1.54, 1.807) is 0 Å². The third-order valence-electron chi connectivity index (χ3n) is 4.21. The number of nitrogens with zero attached hydrogens (tertiary/aromatic N) is 1. The molecular weight excluding hydrogens is 282 g/mol. The fourth-order valence-corrected chi connectivity index (χ4v) is 2.79. The van der Waals surface area contributed by atoms with Gasteiger partial charge in [-0.3, -0.25) is 4.98 Å². The van der Waals surface area contributed by atoms with E-state index in [4.69, 9.17) is 0 Å². The molecule has 0 fully saturated rings. The Labute approximate surface area is 137 Å². The quantitative estimate of drug-likeness (QED) is 0.691. The fraction of sp³-hybridized carbons (Fsp3) is 0.190. The van der Waals surface area contributed by atoms with Gasteiger partial charge in [0, 0.05) is 16.8 Å². The lowest BCUT2D eigenvalue weighted by Gasteiger charge is -2.13. The summed E-state index contributed by atoms with van der Waals surface area (Å²) in [4.78, 5) is 4.64. The lowest BCUT2D eigenvalue weighted by atomic mass is 9.96. The van der Waals surface area contributed by atoms with Crippen molar-refractivity contribution in [3.05, 3.63) is 70.9 Å². The van der Waals surface area contributed by atoms with Gasteiger partial charge in [0.1, 0.15) is 5.75 Å². The van der Waals surface area contributed by atoms with Crippen LogP contribution in [0.2, 0.25) is 0 Å². The molecule has 0 unspecified atom stereocenters. The summed E-state index contributed by atoms with van der Waals surface area (Å²) in [6, 6.07) is 16.2. The molecule has 2 heteroatoms. The molecule has 2 aromatic carbocycles. The Bertz CT molecular complexity index is 881. The molecular formula is C21H21NO. The molecule has 2 nitrogen and oxygen atoms in total. The highest BCUT2D eigenvalue weighted by Gasteiger charge is 2.14. The average Bonchev–Trinajstić information content (AvgIpc) is 2.52. The summed E-state index contributed by atoms with van der Waals surface area (Å²) >= 11 is 0. The summed E-state index contributed by atoms with van der Waals surface area (Å²) in [5.74, 6) is 0.289. The molecule has 0 bridgehead atoms. The SMILES string of the molecule is Cc1cccc(-c2cc(C)cc(-c3ccc(C)c(C)n3)c2O)c1. The molecule has 23 heavy (non-hydrogen) atoms. The minimum Gasteiger partial charge on any atom is -0.507 e. The zero-order chi connectivity index (χ0) is 16.6. The van der Waals surface area contributed by atoms with Gasteiger partial charge in [0.25, 0.3) is 0 Å². The highest BCUT2D eigenvalue weighted by Crippen LogP contribution is 2.38. The Morgan fingerprint density at radius 3 is 2.22 bits per heavy atom. The maximum absolute atomic E-state index is 10.8. The molecule has 3 aromatic rings. The number of benzene rings is 2. The largest absolute Gasteiger partial charge is 0.507 e. The zero-order valence-electron chi connectivity index (χ0n) is 14.0. The molecule has 0 aliphatic carbocycles. The predicted octanol–water partition coefficient (Wildman–Crippen LogP) is 5.35. The maximum atomic E-state index is 10.8. The number of phenolic OH excluding ortho intramolecular Hbond substituents is 1. The molecule has 1 N–H and O–H groups in total. The Kier molecular flexibility index (Phi) is 3.91. The Morgan fingerprint density at radius 2 is 1.52 bits per heavy atom. The third kappa shape index (κ3) is 2.98. The number of rotatable bonds is 2. The van der Waals surface area contributed by atoms with Crippen molar-refractivity contribution < 1.29 is 5.11 Å². The van der Waals surface area contributed by atoms with Gasteiger partial charge in [-0.2, -0.15) is 0 Å². The van der Waals surface area contributed by atoms with Gasteiger partial charge < -0.3 is 5.11 Å². The van der Waals surface area contributed by atoms with Crippen LogP contribution in [0.15, 0.2) is 48.5 Å². The summed E-state index contributed by atoms with van der Waals surface area (Å²) in [5, 5.41) is 10.8. The number of hydrogen-bond donors (Lipinski definition) is 1. The molecule has 0 saturated heterocycles. The first-order chi connectivity index (χ1) is 11.0. The second-order valence-corrected chi connectivity index (χ2v) is 6.18. The van der Waals surface area contributed by atoms with Gasteiger partial charge in [-0.05, 0) is 62.6 Å². The molecule has 0 aliphatic heterocycles. The van der Waals surface area contributed by atoms with Crippen LogP contribution in [0.3, 0.4) is 0 Å². The lowest BCUT2D eigenvalue weighted by Crippen LogP contribution is -1.93. The fourth-order valence-electron chi connectivity index (χ4n) is 2.79. The van der Waals surface area contributed by atoms with Crippen molar-refractivity contribution in [2.45, 2.75) is 27.7 Å². The smallest absolute Gasteiger partial charge is 0.132 e. The minimum absolute atomic E-state index is 0.289. The van der Waals surface area contributed by atoms with E-state index < -0.39 is 0 Å². The second-order valence-electron chi connectivity index (χ2n) is 6.18. The van der Waals surface area contributed by atoms with Crippen LogP contribution < -0.4 is 0 Å². The summed E-state index contributed by atoms with van der Waals surface area (Å²) in [6.45, 7) is 8.14. The van der Waals surface area contributed by atoms with Crippen LogP contribution in [0.4, 0.5) is 0 Å². The minimum atomic E-state index is 0.289. The Hall–Kier alpha value is -2.61. The number of hydrogen-bond acceptors (Lipinski definition) is 2. The first-order valence-corrected chi connectivity index (χ1v) is 7.81. The van der Waals surface area contributed by atoms with E-state index in [2.05, 4.69) is 24.0 Å². The van der Waals surface area contributed by atoms with Crippen LogP contribution in [0.5, 0.6) is 5.75 Å². The number of aromatic nitrogens is 1. The summed E-state index contributed by atoms with van der Waals surface area (Å²) < 4.78 is 0. The lowest BCUT2D eigenvalue weighted by molar-refractivity contribution is 0.479. The van der Waals surface area contributed by atoms with Gasteiger partial charge in [0.2, 0.25) is 0 Å². The maximum Gasteiger partial charge on any atom is 0.132 e. The van der Waals surface area contributed by atoms with Crippen LogP contribution in [0, 0.1) is 27.7 Å². The van der Waals surface area contributed by atoms with Crippen molar-refractivity contribution in [3.8, 4) is 28.1 Å². The van der Waals surface area contributed by atoms with Crippen LogP contribution in [0.25, 0.3) is 22.4 Å². The van der Waals surface area contributed by atoms with E-state index in [-0.39, 0.29) is 5.75 Å². The van der Waals surface area contributed by atoms with Gasteiger partial charge >= 0.3 is 0 Å². The van der Waals surface area contributed by atoms with Gasteiger partial charge in [0.05, 0.1) is 5.69 Å². The monoisotopic (exact) mass is 303 g/mol. The molecule has 3 rings (SSSR count). The molecule has 0 amide bonds. The predicted molar refractivity (Wildman–Crippen MR) is 95.7 cm³/mol. The van der Waals surface area contributed by atoms with E-state index in [0.717, 1.165) is 39.2 Å². The van der Waals surface area contributed by atoms with Crippen LogP contribution in [-0.4, -0.2) is 10.1 Å². The molecule has 1 aromatic heterocycles. The van der Waals surface area contributed by atoms with E-state index in [1.165, 1.54) is 5.56 Å². The Balaban J connectivity index is 2.21. The number of aromatic hydroxyl groups is 1. The molecule has 0 saturated carbocycles. The summed E-state index contributed by atoms with van der Waals surface area (Å²) in [7, 11) is 0. The van der Waals surface area contributed by atoms with E-state index >= 15 is 0 Å². The van der Waals surface area contributed by atoms with Crippen LogP contribution >= 0.6 is 0 Å². The first-order valence-electron chi connectivity index (χ1n) is 7.81. The topological polar surface area (TPSA) is 33.1 Å². The second kappa shape index (κ2) is 5.88. The first kappa shape index (κ1) is 15.3. The third-order valence-corrected chi connectivity index (χ3v) is 4.21. The average molecular weight is 303 g/mol. The standard InChI is InChI=1S/C21H21NO/c1-13-6-5-7-17(10-13)18-11-14(2)12-19(21(18)23)20-9-8-15(3)16(4)22-20/h5-12,23H,1-4H3. The molecule has 116 valence electrons. The molecule has 0 radical (unpaired) electrons.